The molecule has 0 saturated heterocycles. The second-order valence-corrected chi connectivity index (χ2v) is 5.64. The summed E-state index contributed by atoms with van der Waals surface area (Å²) in [5.74, 6) is 1.07. The molecule has 0 saturated carbocycles. The van der Waals surface area contributed by atoms with Gasteiger partial charge in [-0.25, -0.2) is 0 Å². The number of aliphatic hydroxyl groups is 2. The smallest absolute Gasteiger partial charge is 0.135 e. The number of phenols is 1. The minimum absolute atomic E-state index is 0.319. The van der Waals surface area contributed by atoms with Crippen LogP contribution in [-0.2, 0) is 6.42 Å². The summed E-state index contributed by atoms with van der Waals surface area (Å²) in [6.07, 6.45) is 0.433. The first-order valence-corrected chi connectivity index (χ1v) is 6.61. The van der Waals surface area contributed by atoms with Crippen LogP contribution in [0.5, 0.6) is 11.5 Å². The maximum absolute atomic E-state index is 10.1. The molecule has 1 aromatic carbocycles. The van der Waals surface area contributed by atoms with E-state index in [2.05, 4.69) is 0 Å². The molecule has 2 rings (SSSR count). The fraction of sp³-hybridized carbons (Fsp3) is 0.600. The van der Waals surface area contributed by atoms with Gasteiger partial charge < -0.3 is 20.1 Å². The van der Waals surface area contributed by atoms with E-state index in [4.69, 9.17) is 9.84 Å². The van der Waals surface area contributed by atoms with E-state index in [0.29, 0.717) is 12.2 Å². The number of rotatable bonds is 2. The zero-order valence-electron chi connectivity index (χ0n) is 11.9. The average Bonchev–Trinajstić information content (AvgIpc) is 2.41. The van der Waals surface area contributed by atoms with Crippen molar-refractivity contribution in [2.75, 3.05) is 6.61 Å². The molecule has 0 spiro atoms. The molecule has 0 bridgehead atoms. The Labute approximate surface area is 113 Å². The first-order chi connectivity index (χ1) is 8.81. The van der Waals surface area contributed by atoms with E-state index >= 15 is 0 Å². The van der Waals surface area contributed by atoms with Gasteiger partial charge in [0.15, 0.2) is 0 Å². The van der Waals surface area contributed by atoms with Crippen molar-refractivity contribution >= 4 is 0 Å². The van der Waals surface area contributed by atoms with E-state index in [1.165, 1.54) is 0 Å². The Bertz CT molecular complexity index is 510. The predicted octanol–water partition coefficient (Wildman–Crippen LogP) is 1.75. The number of phenolic OH excluding ortho intramolecular Hbond substituents is 1. The molecule has 3 N–H and O–H groups in total. The highest BCUT2D eigenvalue weighted by Crippen LogP contribution is 2.43. The molecular weight excluding hydrogens is 244 g/mol. The highest BCUT2D eigenvalue weighted by Gasteiger charge is 2.40. The quantitative estimate of drug-likeness (QED) is 0.763. The summed E-state index contributed by atoms with van der Waals surface area (Å²) in [5.41, 5.74) is 2.78. The van der Waals surface area contributed by atoms with Crippen LogP contribution in [0.3, 0.4) is 0 Å². The van der Waals surface area contributed by atoms with Crippen molar-refractivity contribution in [3.63, 3.8) is 0 Å². The van der Waals surface area contributed by atoms with E-state index in [0.717, 1.165) is 34.4 Å². The van der Waals surface area contributed by atoms with Crippen molar-refractivity contribution in [2.24, 2.45) is 0 Å². The summed E-state index contributed by atoms with van der Waals surface area (Å²) in [5, 5.41) is 29.2. The number of ether oxygens (including phenoxy) is 1. The number of hydrogen-bond acceptors (Lipinski definition) is 4. The lowest BCUT2D eigenvalue weighted by molar-refractivity contribution is -0.0767. The van der Waals surface area contributed by atoms with Gasteiger partial charge in [0.1, 0.15) is 23.2 Å². The summed E-state index contributed by atoms with van der Waals surface area (Å²) >= 11 is 0. The molecule has 1 aliphatic heterocycles. The normalized spacial score (nSPS) is 23.7. The second kappa shape index (κ2) is 4.69. The molecule has 1 heterocycles. The van der Waals surface area contributed by atoms with Crippen molar-refractivity contribution in [1.82, 2.24) is 0 Å². The molecule has 0 fully saturated rings. The molecule has 0 aliphatic carbocycles. The van der Waals surface area contributed by atoms with Crippen molar-refractivity contribution in [3.8, 4) is 11.5 Å². The molecule has 19 heavy (non-hydrogen) atoms. The van der Waals surface area contributed by atoms with E-state index in [1.807, 2.05) is 27.7 Å². The molecule has 0 unspecified atom stereocenters. The van der Waals surface area contributed by atoms with Gasteiger partial charge in [-0.2, -0.15) is 0 Å². The van der Waals surface area contributed by atoms with E-state index in [9.17, 15) is 10.2 Å². The van der Waals surface area contributed by atoms with Crippen molar-refractivity contribution < 1.29 is 20.1 Å². The monoisotopic (exact) mass is 266 g/mol. The Balaban J connectivity index is 2.52. The number of aromatic hydroxyl groups is 1. The maximum Gasteiger partial charge on any atom is 0.135 e. The fourth-order valence-corrected chi connectivity index (χ4v) is 2.69. The SMILES string of the molecule is Cc1c(C)c2c(c(C)c1O)CC[C@@](C)([C@H](O)CO)O2. The number of fused-ring (bicyclic) bond motifs is 1. The molecule has 0 amide bonds. The zero-order valence-corrected chi connectivity index (χ0v) is 11.9. The van der Waals surface area contributed by atoms with Crippen LogP contribution in [0.25, 0.3) is 0 Å². The lowest BCUT2D eigenvalue weighted by atomic mass is 9.84. The third-order valence-electron chi connectivity index (χ3n) is 4.42. The van der Waals surface area contributed by atoms with Crippen LogP contribution < -0.4 is 4.74 Å². The Morgan fingerprint density at radius 1 is 1.21 bits per heavy atom. The molecular formula is C15H22O4. The van der Waals surface area contributed by atoms with Crippen LogP contribution in [0, 0.1) is 20.8 Å². The van der Waals surface area contributed by atoms with Gasteiger partial charge in [-0.3, -0.25) is 0 Å². The van der Waals surface area contributed by atoms with E-state index < -0.39 is 11.7 Å². The van der Waals surface area contributed by atoms with Gasteiger partial charge in [-0.05, 0) is 57.2 Å². The first-order valence-electron chi connectivity index (χ1n) is 6.61. The number of benzene rings is 1. The topological polar surface area (TPSA) is 69.9 Å². The minimum atomic E-state index is -0.908. The first kappa shape index (κ1) is 14.2. The third kappa shape index (κ3) is 2.09. The van der Waals surface area contributed by atoms with Crippen LogP contribution in [-0.4, -0.2) is 33.6 Å². The van der Waals surface area contributed by atoms with Gasteiger partial charge in [0.2, 0.25) is 0 Å². The van der Waals surface area contributed by atoms with Crippen molar-refractivity contribution in [3.05, 3.63) is 22.3 Å². The number of aliphatic hydroxyl groups excluding tert-OH is 2. The molecule has 2 atom stereocenters. The van der Waals surface area contributed by atoms with Crippen LogP contribution in [0.1, 0.15) is 35.6 Å². The van der Waals surface area contributed by atoms with Gasteiger partial charge in [0.25, 0.3) is 0 Å². The van der Waals surface area contributed by atoms with Gasteiger partial charge in [-0.15, -0.1) is 0 Å². The van der Waals surface area contributed by atoms with E-state index in [1.54, 1.807) is 0 Å². The average molecular weight is 266 g/mol. The molecule has 1 aromatic rings. The van der Waals surface area contributed by atoms with Crippen LogP contribution in [0.2, 0.25) is 0 Å². The standard InChI is InChI=1S/C15H22O4/c1-8-9(2)14-11(10(3)13(8)18)5-6-15(4,19-14)12(17)7-16/h12,16-18H,5-7H2,1-4H3/t12-,15+/m1/s1. The van der Waals surface area contributed by atoms with Crippen LogP contribution in [0.15, 0.2) is 0 Å². The minimum Gasteiger partial charge on any atom is -0.507 e. The lowest BCUT2D eigenvalue weighted by Crippen LogP contribution is -2.49. The zero-order chi connectivity index (χ0) is 14.4. The Morgan fingerprint density at radius 2 is 1.84 bits per heavy atom. The second-order valence-electron chi connectivity index (χ2n) is 5.64. The summed E-state index contributed by atoms with van der Waals surface area (Å²) < 4.78 is 6.00. The molecule has 1 aliphatic rings. The Hall–Kier alpha value is -1.26. The third-order valence-corrected chi connectivity index (χ3v) is 4.42. The fourth-order valence-electron chi connectivity index (χ4n) is 2.69. The van der Waals surface area contributed by atoms with Crippen molar-refractivity contribution in [2.45, 2.75) is 52.2 Å². The van der Waals surface area contributed by atoms with E-state index in [-0.39, 0.29) is 6.61 Å². The number of hydrogen-bond donors (Lipinski definition) is 3. The molecule has 4 heteroatoms. The maximum atomic E-state index is 10.1. The highest BCUT2D eigenvalue weighted by atomic mass is 16.5. The summed E-state index contributed by atoms with van der Waals surface area (Å²) in [6.45, 7) is 7.14. The predicted molar refractivity (Wildman–Crippen MR) is 72.8 cm³/mol. The van der Waals surface area contributed by atoms with Gasteiger partial charge >= 0.3 is 0 Å². The molecule has 4 nitrogen and oxygen atoms in total. The summed E-state index contributed by atoms with van der Waals surface area (Å²) in [6, 6.07) is 0. The largest absolute Gasteiger partial charge is 0.507 e. The Kier molecular flexibility index (Phi) is 3.49. The summed E-state index contributed by atoms with van der Waals surface area (Å²) in [4.78, 5) is 0. The molecule has 0 radical (unpaired) electrons. The van der Waals surface area contributed by atoms with Gasteiger partial charge in [0.05, 0.1) is 6.61 Å². The summed E-state index contributed by atoms with van der Waals surface area (Å²) in [7, 11) is 0. The van der Waals surface area contributed by atoms with Crippen molar-refractivity contribution in [1.29, 1.82) is 0 Å². The van der Waals surface area contributed by atoms with Crippen LogP contribution >= 0.6 is 0 Å². The van der Waals surface area contributed by atoms with Gasteiger partial charge in [0, 0.05) is 5.56 Å². The Morgan fingerprint density at radius 3 is 2.42 bits per heavy atom. The molecule has 0 aromatic heterocycles. The van der Waals surface area contributed by atoms with Crippen LogP contribution in [0.4, 0.5) is 0 Å². The highest BCUT2D eigenvalue weighted by molar-refractivity contribution is 5.58. The molecule has 106 valence electrons. The lowest BCUT2D eigenvalue weighted by Gasteiger charge is -2.40. The van der Waals surface area contributed by atoms with Gasteiger partial charge in [-0.1, -0.05) is 0 Å².